The van der Waals surface area contributed by atoms with E-state index < -0.39 is 11.7 Å². The Kier molecular flexibility index (Phi) is 5.03. The number of anilines is 3. The molecule has 9 heteroatoms. The monoisotopic (exact) mass is 382 g/mol. The Hall–Kier alpha value is -2.74. The van der Waals surface area contributed by atoms with Crippen LogP contribution in [0.2, 0.25) is 5.02 Å². The average Bonchev–Trinajstić information content (AvgIpc) is 3.07. The lowest BCUT2D eigenvalue weighted by atomic mass is 10.2. The van der Waals surface area contributed by atoms with Crippen molar-refractivity contribution >= 4 is 29.1 Å². The SMILES string of the molecule is Cc1cc(NCc2ccco2)nc(Nc2cc(C(F)(F)F)ccc2Cl)n1. The Bertz CT molecular complexity index is 898. The maximum Gasteiger partial charge on any atom is 0.416 e. The number of aromatic nitrogens is 2. The zero-order valence-corrected chi connectivity index (χ0v) is 14.3. The van der Waals surface area contributed by atoms with Gasteiger partial charge in [0.1, 0.15) is 11.6 Å². The molecule has 0 fully saturated rings. The third-order valence-corrected chi connectivity index (χ3v) is 3.75. The van der Waals surface area contributed by atoms with Crippen LogP contribution in [-0.2, 0) is 12.7 Å². The molecule has 5 nitrogen and oxygen atoms in total. The maximum absolute atomic E-state index is 12.9. The van der Waals surface area contributed by atoms with Gasteiger partial charge < -0.3 is 15.1 Å². The number of alkyl halides is 3. The summed E-state index contributed by atoms with van der Waals surface area (Å²) in [6, 6.07) is 8.30. The first-order chi connectivity index (χ1) is 12.3. The molecule has 0 radical (unpaired) electrons. The minimum absolute atomic E-state index is 0.0732. The van der Waals surface area contributed by atoms with Gasteiger partial charge in [-0.05, 0) is 37.3 Å². The number of nitrogens with one attached hydrogen (secondary N) is 2. The van der Waals surface area contributed by atoms with Crippen molar-refractivity contribution in [2.24, 2.45) is 0 Å². The molecule has 0 saturated heterocycles. The van der Waals surface area contributed by atoms with Gasteiger partial charge in [0.2, 0.25) is 5.95 Å². The number of hydrogen-bond donors (Lipinski definition) is 2. The van der Waals surface area contributed by atoms with Crippen LogP contribution >= 0.6 is 11.6 Å². The van der Waals surface area contributed by atoms with Crippen LogP contribution in [0, 0.1) is 6.92 Å². The molecule has 0 atom stereocenters. The van der Waals surface area contributed by atoms with E-state index in [0.29, 0.717) is 18.1 Å². The van der Waals surface area contributed by atoms with Gasteiger partial charge in [-0.15, -0.1) is 0 Å². The largest absolute Gasteiger partial charge is 0.467 e. The highest BCUT2D eigenvalue weighted by atomic mass is 35.5. The third-order valence-electron chi connectivity index (χ3n) is 3.42. The molecule has 0 aliphatic heterocycles. The molecule has 136 valence electrons. The first-order valence-corrected chi connectivity index (χ1v) is 7.95. The van der Waals surface area contributed by atoms with Crippen molar-refractivity contribution < 1.29 is 17.6 Å². The molecule has 0 spiro atoms. The summed E-state index contributed by atoms with van der Waals surface area (Å²) in [5, 5.41) is 5.94. The zero-order chi connectivity index (χ0) is 18.7. The first-order valence-electron chi connectivity index (χ1n) is 7.57. The minimum Gasteiger partial charge on any atom is -0.467 e. The van der Waals surface area contributed by atoms with E-state index in [9.17, 15) is 13.2 Å². The number of aryl methyl sites for hydroxylation is 1. The van der Waals surface area contributed by atoms with E-state index in [-0.39, 0.29) is 16.7 Å². The molecule has 0 aliphatic carbocycles. The Morgan fingerprint density at radius 1 is 1.15 bits per heavy atom. The van der Waals surface area contributed by atoms with Crippen molar-refractivity contribution in [3.8, 4) is 0 Å². The molecule has 0 bridgehead atoms. The second-order valence-corrected chi connectivity index (χ2v) is 5.88. The van der Waals surface area contributed by atoms with Gasteiger partial charge in [0.25, 0.3) is 0 Å². The molecule has 3 aromatic rings. The Morgan fingerprint density at radius 2 is 1.96 bits per heavy atom. The summed E-state index contributed by atoms with van der Waals surface area (Å²) in [7, 11) is 0. The summed E-state index contributed by atoms with van der Waals surface area (Å²) in [5.41, 5.74) is -0.107. The summed E-state index contributed by atoms with van der Waals surface area (Å²) in [4.78, 5) is 8.43. The van der Waals surface area contributed by atoms with Crippen LogP contribution in [0.3, 0.4) is 0 Å². The number of halogens is 4. The van der Waals surface area contributed by atoms with E-state index in [2.05, 4.69) is 20.6 Å². The quantitative estimate of drug-likeness (QED) is 0.618. The molecule has 0 amide bonds. The fourth-order valence-electron chi connectivity index (χ4n) is 2.22. The van der Waals surface area contributed by atoms with Crippen molar-refractivity contribution in [3.05, 3.63) is 64.7 Å². The molecule has 0 saturated carbocycles. The lowest BCUT2D eigenvalue weighted by Crippen LogP contribution is -2.07. The van der Waals surface area contributed by atoms with Crippen molar-refractivity contribution in [1.29, 1.82) is 0 Å². The fourth-order valence-corrected chi connectivity index (χ4v) is 2.39. The number of hydrogen-bond acceptors (Lipinski definition) is 5. The topological polar surface area (TPSA) is 63.0 Å². The van der Waals surface area contributed by atoms with Crippen molar-refractivity contribution in [1.82, 2.24) is 9.97 Å². The molecule has 2 aromatic heterocycles. The van der Waals surface area contributed by atoms with Gasteiger partial charge in [-0.25, -0.2) is 4.98 Å². The van der Waals surface area contributed by atoms with Crippen LogP contribution in [0.25, 0.3) is 0 Å². The molecular weight excluding hydrogens is 369 g/mol. The third kappa shape index (κ3) is 4.45. The van der Waals surface area contributed by atoms with Crippen LogP contribution in [0.5, 0.6) is 0 Å². The number of rotatable bonds is 5. The second-order valence-electron chi connectivity index (χ2n) is 5.47. The highest BCUT2D eigenvalue weighted by molar-refractivity contribution is 6.33. The number of nitrogens with zero attached hydrogens (tertiary/aromatic N) is 2. The van der Waals surface area contributed by atoms with E-state index in [1.54, 1.807) is 25.3 Å². The first kappa shape index (κ1) is 18.1. The van der Waals surface area contributed by atoms with Gasteiger partial charge in [0, 0.05) is 11.8 Å². The van der Waals surface area contributed by atoms with E-state index in [4.69, 9.17) is 16.0 Å². The molecule has 26 heavy (non-hydrogen) atoms. The predicted molar refractivity (Wildman–Crippen MR) is 92.5 cm³/mol. The van der Waals surface area contributed by atoms with Crippen molar-refractivity contribution in [3.63, 3.8) is 0 Å². The maximum atomic E-state index is 12.9. The smallest absolute Gasteiger partial charge is 0.416 e. The molecule has 3 rings (SSSR count). The predicted octanol–water partition coefficient (Wildman–Crippen LogP) is 5.41. The minimum atomic E-state index is -4.47. The van der Waals surface area contributed by atoms with Crippen LogP contribution < -0.4 is 10.6 Å². The lowest BCUT2D eigenvalue weighted by Gasteiger charge is -2.13. The highest BCUT2D eigenvalue weighted by Gasteiger charge is 2.31. The van der Waals surface area contributed by atoms with Gasteiger partial charge >= 0.3 is 6.18 Å². The van der Waals surface area contributed by atoms with E-state index in [0.717, 1.165) is 17.9 Å². The van der Waals surface area contributed by atoms with E-state index in [1.807, 2.05) is 6.07 Å². The molecular formula is C17H14ClF3N4O. The van der Waals surface area contributed by atoms with Crippen LogP contribution in [0.15, 0.2) is 47.1 Å². The van der Waals surface area contributed by atoms with Gasteiger partial charge in [-0.2, -0.15) is 18.2 Å². The van der Waals surface area contributed by atoms with Crippen LogP contribution in [0.1, 0.15) is 17.0 Å². The summed E-state index contributed by atoms with van der Waals surface area (Å²) >= 11 is 5.99. The van der Waals surface area contributed by atoms with Gasteiger partial charge in [0.05, 0.1) is 29.1 Å². The number of benzene rings is 1. The van der Waals surface area contributed by atoms with E-state index in [1.165, 1.54) is 6.07 Å². The second kappa shape index (κ2) is 7.25. The summed E-state index contributed by atoms with van der Waals surface area (Å²) in [6.07, 6.45) is -2.91. The van der Waals surface area contributed by atoms with Crippen LogP contribution in [-0.4, -0.2) is 9.97 Å². The molecule has 0 aliphatic rings. The fraction of sp³-hybridized carbons (Fsp3) is 0.176. The van der Waals surface area contributed by atoms with Gasteiger partial charge in [0.15, 0.2) is 0 Å². The summed E-state index contributed by atoms with van der Waals surface area (Å²) < 4.78 is 43.9. The Balaban J connectivity index is 1.81. The van der Waals surface area contributed by atoms with Crippen LogP contribution in [0.4, 0.5) is 30.6 Å². The Morgan fingerprint density at radius 3 is 2.65 bits per heavy atom. The van der Waals surface area contributed by atoms with Gasteiger partial charge in [-0.3, -0.25) is 0 Å². The average molecular weight is 383 g/mol. The Labute approximate surface area is 152 Å². The normalized spacial score (nSPS) is 11.4. The van der Waals surface area contributed by atoms with E-state index >= 15 is 0 Å². The molecule has 0 unspecified atom stereocenters. The highest BCUT2D eigenvalue weighted by Crippen LogP contribution is 2.34. The molecule has 2 N–H and O–H groups in total. The van der Waals surface area contributed by atoms with Gasteiger partial charge in [-0.1, -0.05) is 11.6 Å². The summed E-state index contributed by atoms with van der Waals surface area (Å²) in [6.45, 7) is 2.16. The number of furan rings is 1. The zero-order valence-electron chi connectivity index (χ0n) is 13.6. The molecule has 1 aromatic carbocycles. The summed E-state index contributed by atoms with van der Waals surface area (Å²) in [5.74, 6) is 1.35. The lowest BCUT2D eigenvalue weighted by molar-refractivity contribution is -0.137. The van der Waals surface area contributed by atoms with Crippen molar-refractivity contribution in [2.45, 2.75) is 19.6 Å². The standard InChI is InChI=1S/C17H14ClF3N4O/c1-10-7-15(22-9-12-3-2-6-26-12)25-16(23-10)24-14-8-11(17(19,20)21)4-5-13(14)18/h2-8H,9H2,1H3,(H2,22,23,24,25). The molecule has 2 heterocycles. The van der Waals surface area contributed by atoms with Crippen molar-refractivity contribution in [2.75, 3.05) is 10.6 Å².